The van der Waals surface area contributed by atoms with Gasteiger partial charge in [-0.25, -0.2) is 15.0 Å². The van der Waals surface area contributed by atoms with E-state index in [0.29, 0.717) is 12.4 Å². The predicted octanol–water partition coefficient (Wildman–Crippen LogP) is 0.238. The summed E-state index contributed by atoms with van der Waals surface area (Å²) in [5.74, 6) is 0.253. The van der Waals surface area contributed by atoms with Crippen LogP contribution in [0.2, 0.25) is 0 Å². The molecule has 0 radical (unpaired) electrons. The molecular formula is C11H12N6O. The molecule has 2 aromatic rings. The molecule has 92 valence electrons. The second-order valence-corrected chi connectivity index (χ2v) is 3.42. The summed E-state index contributed by atoms with van der Waals surface area (Å²) in [6.07, 6.45) is 6.01. The molecule has 2 aromatic heterocycles. The second kappa shape index (κ2) is 5.67. The monoisotopic (exact) mass is 244 g/mol. The van der Waals surface area contributed by atoms with Crippen LogP contribution in [0.3, 0.4) is 0 Å². The van der Waals surface area contributed by atoms with Gasteiger partial charge in [-0.1, -0.05) is 0 Å². The largest absolute Gasteiger partial charge is 0.372 e. The zero-order valence-electron chi connectivity index (χ0n) is 9.79. The first-order valence-electron chi connectivity index (χ1n) is 5.32. The van der Waals surface area contributed by atoms with Crippen LogP contribution in [0.25, 0.3) is 0 Å². The highest BCUT2D eigenvalue weighted by Crippen LogP contribution is 2.01. The zero-order valence-corrected chi connectivity index (χ0v) is 9.79. The fraction of sp³-hybridized carbons (Fsp3) is 0.182. The maximum atomic E-state index is 11.8. The molecule has 0 aliphatic rings. The highest BCUT2D eigenvalue weighted by molar-refractivity contribution is 5.92. The smallest absolute Gasteiger partial charge is 0.271 e. The van der Waals surface area contributed by atoms with Gasteiger partial charge in [0.1, 0.15) is 17.8 Å². The molecule has 0 aromatic carbocycles. The summed E-state index contributed by atoms with van der Waals surface area (Å²) in [5, 5.41) is 5.53. The molecule has 0 saturated carbocycles. The third kappa shape index (κ3) is 2.97. The van der Waals surface area contributed by atoms with Crippen molar-refractivity contribution in [2.45, 2.75) is 6.54 Å². The van der Waals surface area contributed by atoms with Crippen molar-refractivity contribution in [3.8, 4) is 0 Å². The first-order chi connectivity index (χ1) is 8.79. The fourth-order valence-corrected chi connectivity index (χ4v) is 1.28. The Kier molecular flexibility index (Phi) is 3.75. The molecule has 18 heavy (non-hydrogen) atoms. The summed E-state index contributed by atoms with van der Waals surface area (Å²) in [7, 11) is 1.71. The number of anilines is 1. The highest BCUT2D eigenvalue weighted by Gasteiger charge is 2.08. The molecule has 0 bridgehead atoms. The molecule has 0 fully saturated rings. The van der Waals surface area contributed by atoms with Crippen LogP contribution >= 0.6 is 0 Å². The number of aromatic nitrogens is 4. The van der Waals surface area contributed by atoms with E-state index >= 15 is 0 Å². The van der Waals surface area contributed by atoms with E-state index in [-0.39, 0.29) is 11.6 Å². The van der Waals surface area contributed by atoms with Crippen LogP contribution in [0.5, 0.6) is 0 Å². The van der Waals surface area contributed by atoms with Gasteiger partial charge in [0.15, 0.2) is 0 Å². The fourth-order valence-electron chi connectivity index (χ4n) is 1.28. The average Bonchev–Trinajstić information content (AvgIpc) is 2.46. The van der Waals surface area contributed by atoms with Crippen LogP contribution in [0.15, 0.2) is 31.0 Å². The van der Waals surface area contributed by atoms with Gasteiger partial charge in [0.05, 0.1) is 24.6 Å². The van der Waals surface area contributed by atoms with E-state index in [1.807, 2.05) is 0 Å². The topological polar surface area (TPSA) is 92.7 Å². The van der Waals surface area contributed by atoms with Gasteiger partial charge in [-0.2, -0.15) is 0 Å². The van der Waals surface area contributed by atoms with Crippen LogP contribution in [0.4, 0.5) is 5.82 Å². The van der Waals surface area contributed by atoms with Gasteiger partial charge < -0.3 is 10.6 Å². The van der Waals surface area contributed by atoms with E-state index in [4.69, 9.17) is 0 Å². The van der Waals surface area contributed by atoms with E-state index in [1.54, 1.807) is 25.5 Å². The third-order valence-electron chi connectivity index (χ3n) is 2.20. The maximum absolute atomic E-state index is 11.8. The Bertz CT molecular complexity index is 530. The van der Waals surface area contributed by atoms with E-state index in [9.17, 15) is 4.79 Å². The predicted molar refractivity (Wildman–Crippen MR) is 64.8 cm³/mol. The first kappa shape index (κ1) is 11.9. The summed E-state index contributed by atoms with van der Waals surface area (Å²) in [5.41, 5.74) is 0.993. The van der Waals surface area contributed by atoms with Crippen molar-refractivity contribution in [2.24, 2.45) is 0 Å². The molecule has 2 N–H and O–H groups in total. The van der Waals surface area contributed by atoms with Crippen molar-refractivity contribution in [3.05, 3.63) is 42.4 Å². The molecule has 2 rings (SSSR count). The number of rotatable bonds is 4. The Hall–Kier alpha value is -2.57. The van der Waals surface area contributed by atoms with Crippen LogP contribution in [0, 0.1) is 0 Å². The normalized spacial score (nSPS) is 9.83. The van der Waals surface area contributed by atoms with E-state index in [2.05, 4.69) is 30.6 Å². The van der Waals surface area contributed by atoms with E-state index < -0.39 is 0 Å². The molecule has 7 nitrogen and oxygen atoms in total. The van der Waals surface area contributed by atoms with Crippen LogP contribution in [-0.2, 0) is 6.54 Å². The number of hydrogen-bond donors (Lipinski definition) is 2. The second-order valence-electron chi connectivity index (χ2n) is 3.42. The Morgan fingerprint density at radius 1 is 1.33 bits per heavy atom. The number of nitrogens with zero attached hydrogens (tertiary/aromatic N) is 4. The van der Waals surface area contributed by atoms with Gasteiger partial charge >= 0.3 is 0 Å². The minimum atomic E-state index is -0.293. The Morgan fingerprint density at radius 3 is 2.94 bits per heavy atom. The molecule has 0 spiro atoms. The number of carbonyl (C=O) groups excluding carboxylic acids is 1. The van der Waals surface area contributed by atoms with Crippen LogP contribution < -0.4 is 10.6 Å². The molecule has 0 saturated heterocycles. The molecule has 0 unspecified atom stereocenters. The van der Waals surface area contributed by atoms with Gasteiger partial charge in [0.25, 0.3) is 5.91 Å². The Balaban J connectivity index is 1.99. The highest BCUT2D eigenvalue weighted by atomic mass is 16.1. The summed E-state index contributed by atoms with van der Waals surface area (Å²) in [6.45, 7) is 0.326. The Labute approximate surface area is 104 Å². The van der Waals surface area contributed by atoms with Crippen LogP contribution in [-0.4, -0.2) is 32.9 Å². The standard InChI is InChI=1S/C11H12N6O/c1-12-10-6-14-5-9(17-10)11(18)15-4-8-2-3-13-7-16-8/h2-3,5-7H,4H2,1H3,(H,12,17)(H,15,18). The third-order valence-corrected chi connectivity index (χ3v) is 2.20. The van der Waals surface area contributed by atoms with E-state index in [0.717, 1.165) is 5.69 Å². The quantitative estimate of drug-likeness (QED) is 0.800. The number of carbonyl (C=O) groups is 1. The Morgan fingerprint density at radius 2 is 2.22 bits per heavy atom. The minimum Gasteiger partial charge on any atom is -0.372 e. The van der Waals surface area contributed by atoms with Gasteiger partial charge in [-0.05, 0) is 6.07 Å². The van der Waals surface area contributed by atoms with Gasteiger partial charge in [-0.3, -0.25) is 9.78 Å². The summed E-state index contributed by atoms with van der Waals surface area (Å²) >= 11 is 0. The van der Waals surface area contributed by atoms with Crippen molar-refractivity contribution >= 4 is 11.7 Å². The average molecular weight is 244 g/mol. The van der Waals surface area contributed by atoms with Crippen LogP contribution in [0.1, 0.15) is 16.2 Å². The van der Waals surface area contributed by atoms with Crippen molar-refractivity contribution < 1.29 is 4.79 Å². The molecule has 0 atom stereocenters. The van der Waals surface area contributed by atoms with E-state index in [1.165, 1.54) is 12.5 Å². The zero-order chi connectivity index (χ0) is 12.8. The number of hydrogen-bond acceptors (Lipinski definition) is 6. The molecule has 2 heterocycles. The van der Waals surface area contributed by atoms with Crippen molar-refractivity contribution in [3.63, 3.8) is 0 Å². The maximum Gasteiger partial charge on any atom is 0.271 e. The summed E-state index contributed by atoms with van der Waals surface area (Å²) < 4.78 is 0. The lowest BCUT2D eigenvalue weighted by Gasteiger charge is -2.04. The number of amides is 1. The minimum absolute atomic E-state index is 0.260. The molecule has 1 amide bonds. The van der Waals surface area contributed by atoms with Gasteiger partial charge in [0.2, 0.25) is 0 Å². The summed E-state index contributed by atoms with van der Waals surface area (Å²) in [4.78, 5) is 27.6. The van der Waals surface area contributed by atoms with Crippen molar-refractivity contribution in [1.82, 2.24) is 25.3 Å². The molecule has 0 aliphatic heterocycles. The molecule has 0 aliphatic carbocycles. The SMILES string of the molecule is CNc1cncc(C(=O)NCc2ccncn2)n1. The van der Waals surface area contributed by atoms with Crippen molar-refractivity contribution in [2.75, 3.05) is 12.4 Å². The lowest BCUT2D eigenvalue weighted by Crippen LogP contribution is -2.24. The first-order valence-corrected chi connectivity index (χ1v) is 5.32. The van der Waals surface area contributed by atoms with Crippen molar-refractivity contribution in [1.29, 1.82) is 0 Å². The molecule has 7 heteroatoms. The van der Waals surface area contributed by atoms with Gasteiger partial charge in [-0.15, -0.1) is 0 Å². The summed E-state index contributed by atoms with van der Waals surface area (Å²) in [6, 6.07) is 1.73. The lowest BCUT2D eigenvalue weighted by molar-refractivity contribution is 0.0945. The number of nitrogens with one attached hydrogen (secondary N) is 2. The van der Waals surface area contributed by atoms with Gasteiger partial charge in [0, 0.05) is 13.2 Å². The molecular weight excluding hydrogens is 232 g/mol. The lowest BCUT2D eigenvalue weighted by atomic mass is 10.3.